The molecule has 4 aromatic rings. The molecule has 0 N–H and O–H groups in total. The summed E-state index contributed by atoms with van der Waals surface area (Å²) in [7, 11) is 1.23. The van der Waals surface area contributed by atoms with Gasteiger partial charge in [-0.2, -0.15) is 22.9 Å². The SMILES string of the molecule is CCOC(=O)[C@@H](C)Oc1c(OC)cc(C=Nn2c(-c3cccc(C(F)(F)F)c3)nc3ccccc3c2=O)cc1[N+](=O)[O-]. The molecule has 0 aliphatic heterocycles. The Morgan fingerprint density at radius 2 is 1.90 bits per heavy atom. The third kappa shape index (κ3) is 6.22. The van der Waals surface area contributed by atoms with Crippen LogP contribution in [0.1, 0.15) is 25.0 Å². The molecule has 0 unspecified atom stereocenters. The van der Waals surface area contributed by atoms with Crippen molar-refractivity contribution in [3.05, 3.63) is 92.3 Å². The Morgan fingerprint density at radius 1 is 1.17 bits per heavy atom. The lowest BCUT2D eigenvalue weighted by Gasteiger charge is -2.16. The van der Waals surface area contributed by atoms with E-state index in [1.54, 1.807) is 19.1 Å². The van der Waals surface area contributed by atoms with Gasteiger partial charge in [-0.1, -0.05) is 24.3 Å². The van der Waals surface area contributed by atoms with Gasteiger partial charge >= 0.3 is 17.8 Å². The molecule has 1 aromatic heterocycles. The van der Waals surface area contributed by atoms with Crippen molar-refractivity contribution in [3.63, 3.8) is 0 Å². The van der Waals surface area contributed by atoms with Crippen LogP contribution >= 0.6 is 0 Å². The van der Waals surface area contributed by atoms with Gasteiger partial charge in [-0.05, 0) is 44.2 Å². The zero-order valence-corrected chi connectivity index (χ0v) is 22.4. The van der Waals surface area contributed by atoms with Gasteiger partial charge in [-0.3, -0.25) is 14.9 Å². The number of fused-ring (bicyclic) bond motifs is 1. The monoisotopic (exact) mass is 584 g/mol. The number of nitro groups is 1. The molecule has 218 valence electrons. The van der Waals surface area contributed by atoms with Crippen molar-refractivity contribution < 1.29 is 37.1 Å². The van der Waals surface area contributed by atoms with Crippen LogP contribution in [-0.2, 0) is 15.7 Å². The lowest BCUT2D eigenvalue weighted by atomic mass is 10.1. The fourth-order valence-electron chi connectivity index (χ4n) is 3.95. The Balaban J connectivity index is 1.86. The van der Waals surface area contributed by atoms with Crippen LogP contribution < -0.4 is 15.0 Å². The predicted molar refractivity (Wildman–Crippen MR) is 146 cm³/mol. The van der Waals surface area contributed by atoms with E-state index in [1.165, 1.54) is 44.4 Å². The van der Waals surface area contributed by atoms with Crippen LogP contribution in [-0.4, -0.2) is 46.6 Å². The van der Waals surface area contributed by atoms with Crippen LogP contribution in [0, 0.1) is 10.1 Å². The standard InChI is InChI=1S/C28H23F3N4O7/c1-4-41-27(37)16(2)42-24-22(35(38)39)12-17(13-23(24)40-3)15-32-34-25(18-8-7-9-19(14-18)28(29,30)31)33-21-11-6-5-10-20(21)26(34)36/h5-16H,4H2,1-3H3/t16-/m1/s1. The molecular formula is C28H23F3N4O7. The highest BCUT2D eigenvalue weighted by molar-refractivity contribution is 5.84. The summed E-state index contributed by atoms with van der Waals surface area (Å²) >= 11 is 0. The summed E-state index contributed by atoms with van der Waals surface area (Å²) in [5.41, 5.74) is -1.94. The zero-order valence-electron chi connectivity index (χ0n) is 22.4. The van der Waals surface area contributed by atoms with Gasteiger partial charge in [0, 0.05) is 17.2 Å². The molecule has 42 heavy (non-hydrogen) atoms. The Kier molecular flexibility index (Phi) is 8.54. The summed E-state index contributed by atoms with van der Waals surface area (Å²) in [6.07, 6.45) is -4.76. The molecule has 0 amide bonds. The molecule has 0 bridgehead atoms. The molecule has 1 atom stereocenters. The number of esters is 1. The highest BCUT2D eigenvalue weighted by Crippen LogP contribution is 2.39. The third-order valence-corrected chi connectivity index (χ3v) is 5.91. The molecule has 0 saturated carbocycles. The summed E-state index contributed by atoms with van der Waals surface area (Å²) in [5.74, 6) is -1.39. The molecule has 0 saturated heterocycles. The topological polar surface area (TPSA) is 135 Å². The molecule has 0 spiro atoms. The fraction of sp³-hybridized carbons (Fsp3) is 0.214. The molecule has 1 heterocycles. The van der Waals surface area contributed by atoms with Gasteiger partial charge in [0.05, 0.1) is 41.3 Å². The number of benzene rings is 3. The van der Waals surface area contributed by atoms with Gasteiger partial charge in [-0.15, -0.1) is 0 Å². The number of methoxy groups -OCH3 is 1. The second-order valence-corrected chi connectivity index (χ2v) is 8.73. The number of para-hydroxylation sites is 1. The van der Waals surface area contributed by atoms with Crippen LogP contribution in [0.4, 0.5) is 18.9 Å². The first-order valence-corrected chi connectivity index (χ1v) is 12.4. The average molecular weight is 585 g/mol. The molecule has 14 heteroatoms. The lowest BCUT2D eigenvalue weighted by Crippen LogP contribution is -2.26. The van der Waals surface area contributed by atoms with Gasteiger partial charge in [0.15, 0.2) is 17.7 Å². The second kappa shape index (κ2) is 12.1. The molecule has 3 aromatic carbocycles. The van der Waals surface area contributed by atoms with Crippen LogP contribution in [0.25, 0.3) is 22.3 Å². The van der Waals surface area contributed by atoms with Gasteiger partial charge in [0.25, 0.3) is 5.56 Å². The number of carbonyl (C=O) groups is 1. The number of carbonyl (C=O) groups excluding carboxylic acids is 1. The fourth-order valence-corrected chi connectivity index (χ4v) is 3.95. The number of nitro benzene ring substituents is 1. The maximum Gasteiger partial charge on any atom is 0.416 e. The number of hydrogen-bond acceptors (Lipinski definition) is 9. The highest BCUT2D eigenvalue weighted by atomic mass is 19.4. The number of rotatable bonds is 9. The van der Waals surface area contributed by atoms with Crippen molar-refractivity contribution in [2.75, 3.05) is 13.7 Å². The number of ether oxygens (including phenoxy) is 3. The van der Waals surface area contributed by atoms with Crippen molar-refractivity contribution in [3.8, 4) is 22.9 Å². The van der Waals surface area contributed by atoms with Crippen molar-refractivity contribution in [1.82, 2.24) is 9.66 Å². The van der Waals surface area contributed by atoms with E-state index in [4.69, 9.17) is 14.2 Å². The normalized spacial score (nSPS) is 12.3. The number of hydrogen-bond donors (Lipinski definition) is 0. The van der Waals surface area contributed by atoms with Crippen LogP contribution in [0.15, 0.2) is 70.6 Å². The molecule has 0 aliphatic carbocycles. The first kappa shape index (κ1) is 29.7. The van der Waals surface area contributed by atoms with E-state index < -0.39 is 40.0 Å². The average Bonchev–Trinajstić information content (AvgIpc) is 2.96. The number of alkyl halides is 3. The zero-order chi connectivity index (χ0) is 30.6. The first-order chi connectivity index (χ1) is 19.9. The summed E-state index contributed by atoms with van der Waals surface area (Å²) < 4.78 is 56.7. The molecule has 0 fully saturated rings. The summed E-state index contributed by atoms with van der Waals surface area (Å²) in [5, 5.41) is 16.2. The minimum Gasteiger partial charge on any atom is -0.493 e. The first-order valence-electron chi connectivity index (χ1n) is 12.4. The van der Waals surface area contributed by atoms with Crippen molar-refractivity contribution in [2.45, 2.75) is 26.1 Å². The van der Waals surface area contributed by atoms with E-state index in [0.717, 1.165) is 29.1 Å². The van der Waals surface area contributed by atoms with E-state index >= 15 is 0 Å². The Labute approximate surface area is 235 Å². The molecule has 0 radical (unpaired) electrons. The second-order valence-electron chi connectivity index (χ2n) is 8.73. The number of nitrogens with zero attached hydrogens (tertiary/aromatic N) is 4. The van der Waals surface area contributed by atoms with Crippen LogP contribution in [0.5, 0.6) is 11.5 Å². The van der Waals surface area contributed by atoms with Crippen LogP contribution in [0.3, 0.4) is 0 Å². The maximum atomic E-state index is 13.4. The minimum absolute atomic E-state index is 0.0370. The molecular weight excluding hydrogens is 561 g/mol. The Bertz CT molecular complexity index is 1750. The van der Waals surface area contributed by atoms with Crippen molar-refractivity contribution in [2.24, 2.45) is 5.10 Å². The van der Waals surface area contributed by atoms with Crippen molar-refractivity contribution in [1.29, 1.82) is 0 Å². The minimum atomic E-state index is -4.65. The molecule has 4 rings (SSSR count). The number of halogens is 3. The van der Waals surface area contributed by atoms with E-state index in [-0.39, 0.29) is 46.0 Å². The van der Waals surface area contributed by atoms with E-state index in [1.807, 2.05) is 0 Å². The number of aromatic nitrogens is 2. The summed E-state index contributed by atoms with van der Waals surface area (Å²) in [6.45, 7) is 3.02. The van der Waals surface area contributed by atoms with Crippen LogP contribution in [0.2, 0.25) is 0 Å². The molecule has 0 aliphatic rings. The lowest BCUT2D eigenvalue weighted by molar-refractivity contribution is -0.386. The van der Waals surface area contributed by atoms with E-state index in [2.05, 4.69) is 10.1 Å². The van der Waals surface area contributed by atoms with Gasteiger partial charge in [0.2, 0.25) is 5.75 Å². The smallest absolute Gasteiger partial charge is 0.416 e. The largest absolute Gasteiger partial charge is 0.493 e. The predicted octanol–water partition coefficient (Wildman–Crippen LogP) is 5.21. The quantitative estimate of drug-likeness (QED) is 0.113. The summed E-state index contributed by atoms with van der Waals surface area (Å²) in [6, 6.07) is 12.9. The summed E-state index contributed by atoms with van der Waals surface area (Å²) in [4.78, 5) is 41.0. The van der Waals surface area contributed by atoms with Gasteiger partial charge in [-0.25, -0.2) is 9.78 Å². The third-order valence-electron chi connectivity index (χ3n) is 5.91. The van der Waals surface area contributed by atoms with E-state index in [0.29, 0.717) is 0 Å². The van der Waals surface area contributed by atoms with Gasteiger partial charge < -0.3 is 14.2 Å². The van der Waals surface area contributed by atoms with E-state index in [9.17, 15) is 32.9 Å². The maximum absolute atomic E-state index is 13.4. The Hall–Kier alpha value is -5.27. The highest BCUT2D eigenvalue weighted by Gasteiger charge is 2.31. The van der Waals surface area contributed by atoms with Crippen molar-refractivity contribution >= 4 is 28.8 Å². The molecule has 11 nitrogen and oxygen atoms in total. The van der Waals surface area contributed by atoms with Gasteiger partial charge in [0.1, 0.15) is 0 Å². The Morgan fingerprint density at radius 3 is 2.57 bits per heavy atom.